The molecular weight excluding hydrogens is 479 g/mol. The second kappa shape index (κ2) is 18.4. The SMILES string of the molecule is CCCCCCCCCCCCCCCCCCO[Si](C)(C)Oc1cc(Cl)c(Cl)c(Cl)c1. The molecule has 2 nitrogen and oxygen atoms in total. The van der Waals surface area contributed by atoms with Crippen LogP contribution in [-0.2, 0) is 4.43 Å². The predicted molar refractivity (Wildman–Crippen MR) is 145 cm³/mol. The van der Waals surface area contributed by atoms with Crippen LogP contribution >= 0.6 is 34.8 Å². The van der Waals surface area contributed by atoms with Crippen LogP contribution in [0.2, 0.25) is 28.2 Å². The van der Waals surface area contributed by atoms with Gasteiger partial charge in [0.25, 0.3) is 0 Å². The van der Waals surface area contributed by atoms with Gasteiger partial charge in [-0.25, -0.2) is 0 Å². The summed E-state index contributed by atoms with van der Waals surface area (Å²) in [7, 11) is -2.28. The molecule has 0 N–H and O–H groups in total. The van der Waals surface area contributed by atoms with Crippen LogP contribution in [0.3, 0.4) is 0 Å². The number of halogens is 3. The highest BCUT2D eigenvalue weighted by atomic mass is 35.5. The van der Waals surface area contributed by atoms with Gasteiger partial charge in [0.2, 0.25) is 0 Å². The van der Waals surface area contributed by atoms with Gasteiger partial charge in [-0.2, -0.15) is 0 Å². The van der Waals surface area contributed by atoms with Crippen molar-refractivity contribution in [2.75, 3.05) is 6.61 Å². The van der Waals surface area contributed by atoms with E-state index in [9.17, 15) is 0 Å². The summed E-state index contributed by atoms with van der Waals surface area (Å²) in [4.78, 5) is 0. The van der Waals surface area contributed by atoms with E-state index < -0.39 is 8.56 Å². The maximum atomic E-state index is 6.08. The van der Waals surface area contributed by atoms with Crippen LogP contribution in [0.5, 0.6) is 5.75 Å². The molecule has 1 aromatic rings. The Balaban J connectivity index is 1.94. The van der Waals surface area contributed by atoms with Crippen LogP contribution in [0.1, 0.15) is 110 Å². The molecule has 0 aliphatic heterocycles. The standard InChI is InChI=1S/C26H45Cl3O2Si/c1-4-5-6-7-8-9-10-11-12-13-14-15-16-17-18-19-20-30-32(2,3)31-23-21-24(27)26(29)25(28)22-23/h21-22H,4-20H2,1-3H3. The smallest absolute Gasteiger partial charge is 0.392 e. The van der Waals surface area contributed by atoms with Crippen LogP contribution in [0.25, 0.3) is 0 Å². The van der Waals surface area contributed by atoms with Gasteiger partial charge < -0.3 is 8.85 Å². The molecule has 0 aromatic heterocycles. The first-order chi connectivity index (χ1) is 15.4. The van der Waals surface area contributed by atoms with Gasteiger partial charge in [-0.3, -0.25) is 0 Å². The summed E-state index contributed by atoms with van der Waals surface area (Å²) >= 11 is 18.2. The minimum atomic E-state index is -2.28. The summed E-state index contributed by atoms with van der Waals surface area (Å²) in [5.74, 6) is 0.619. The molecule has 0 fully saturated rings. The molecule has 0 saturated heterocycles. The van der Waals surface area contributed by atoms with Gasteiger partial charge in [-0.15, -0.1) is 0 Å². The number of unbranched alkanes of at least 4 members (excludes halogenated alkanes) is 15. The van der Waals surface area contributed by atoms with Crippen LogP contribution in [0.4, 0.5) is 0 Å². The molecule has 1 rings (SSSR count). The lowest BCUT2D eigenvalue weighted by Crippen LogP contribution is -2.38. The Hall–Kier alpha value is 0.0669. The van der Waals surface area contributed by atoms with Gasteiger partial charge in [0.1, 0.15) is 5.75 Å². The van der Waals surface area contributed by atoms with E-state index in [1.807, 2.05) is 13.1 Å². The molecule has 0 aliphatic rings. The number of rotatable bonds is 20. The predicted octanol–water partition coefficient (Wildman–Crippen LogP) is 11.0. The lowest BCUT2D eigenvalue weighted by Gasteiger charge is -2.24. The Kier molecular flexibility index (Phi) is 17.3. The van der Waals surface area contributed by atoms with Crippen molar-refractivity contribution in [2.45, 2.75) is 123 Å². The normalized spacial score (nSPS) is 11.8. The van der Waals surface area contributed by atoms with Crippen molar-refractivity contribution in [3.8, 4) is 5.75 Å². The van der Waals surface area contributed by atoms with E-state index >= 15 is 0 Å². The summed E-state index contributed by atoms with van der Waals surface area (Å²) in [6, 6.07) is 3.39. The lowest BCUT2D eigenvalue weighted by atomic mass is 10.0. The quantitative estimate of drug-likeness (QED) is 0.0960. The zero-order valence-corrected chi connectivity index (χ0v) is 23.9. The first-order valence-electron chi connectivity index (χ1n) is 12.8. The Labute approximate surface area is 213 Å². The highest BCUT2D eigenvalue weighted by Gasteiger charge is 2.27. The molecule has 0 spiro atoms. The van der Waals surface area contributed by atoms with Crippen molar-refractivity contribution in [2.24, 2.45) is 0 Å². The molecule has 0 radical (unpaired) electrons. The van der Waals surface area contributed by atoms with E-state index in [0.29, 0.717) is 20.8 Å². The molecule has 0 saturated carbocycles. The molecule has 0 aliphatic carbocycles. The molecule has 0 amide bonds. The third-order valence-electron chi connectivity index (χ3n) is 5.77. The highest BCUT2D eigenvalue weighted by Crippen LogP contribution is 2.35. The van der Waals surface area contributed by atoms with Crippen LogP contribution in [-0.4, -0.2) is 15.2 Å². The topological polar surface area (TPSA) is 18.5 Å². The third kappa shape index (κ3) is 15.1. The Morgan fingerprint density at radius 1 is 0.625 bits per heavy atom. The van der Waals surface area contributed by atoms with Crippen molar-refractivity contribution in [3.63, 3.8) is 0 Å². The average molecular weight is 524 g/mol. The fourth-order valence-corrected chi connectivity index (χ4v) is 5.83. The maximum Gasteiger partial charge on any atom is 0.392 e. The molecule has 1 aromatic carbocycles. The van der Waals surface area contributed by atoms with Crippen LogP contribution < -0.4 is 4.43 Å². The Bertz CT molecular complexity index is 588. The molecule has 0 atom stereocenters. The van der Waals surface area contributed by atoms with E-state index in [-0.39, 0.29) is 0 Å². The molecule has 0 bridgehead atoms. The molecular formula is C26H45Cl3O2Si. The molecule has 0 unspecified atom stereocenters. The average Bonchev–Trinajstić information content (AvgIpc) is 2.73. The van der Waals surface area contributed by atoms with Gasteiger partial charge >= 0.3 is 8.56 Å². The van der Waals surface area contributed by atoms with Gasteiger partial charge in [-0.1, -0.05) is 138 Å². The molecule has 0 heterocycles. The largest absolute Gasteiger partial charge is 0.520 e. The van der Waals surface area contributed by atoms with Crippen LogP contribution in [0.15, 0.2) is 12.1 Å². The molecule has 186 valence electrons. The first-order valence-corrected chi connectivity index (χ1v) is 16.8. The summed E-state index contributed by atoms with van der Waals surface area (Å²) < 4.78 is 12.1. The van der Waals surface area contributed by atoms with E-state index in [1.54, 1.807) is 12.1 Å². The van der Waals surface area contributed by atoms with E-state index in [2.05, 4.69) is 6.92 Å². The van der Waals surface area contributed by atoms with Gasteiger partial charge in [0.05, 0.1) is 15.1 Å². The fourth-order valence-electron chi connectivity index (χ4n) is 3.87. The fraction of sp³-hybridized carbons (Fsp3) is 0.769. The Morgan fingerprint density at radius 2 is 1.00 bits per heavy atom. The maximum absolute atomic E-state index is 6.08. The minimum absolute atomic E-state index is 0.356. The Morgan fingerprint density at radius 3 is 1.41 bits per heavy atom. The van der Waals surface area contributed by atoms with Crippen molar-refractivity contribution in [3.05, 3.63) is 27.2 Å². The number of hydrogen-bond acceptors (Lipinski definition) is 2. The third-order valence-corrected chi connectivity index (χ3v) is 8.59. The van der Waals surface area contributed by atoms with Crippen LogP contribution in [0, 0.1) is 0 Å². The minimum Gasteiger partial charge on any atom is -0.520 e. The molecule has 32 heavy (non-hydrogen) atoms. The van der Waals surface area contributed by atoms with E-state index in [0.717, 1.165) is 13.0 Å². The van der Waals surface area contributed by atoms with Crippen molar-refractivity contribution in [1.29, 1.82) is 0 Å². The zero-order chi connectivity index (χ0) is 23.7. The summed E-state index contributed by atoms with van der Waals surface area (Å²) in [5.41, 5.74) is 0. The lowest BCUT2D eigenvalue weighted by molar-refractivity contribution is 0.240. The summed E-state index contributed by atoms with van der Waals surface area (Å²) in [5, 5.41) is 1.16. The molecule has 6 heteroatoms. The first kappa shape index (κ1) is 30.1. The summed E-state index contributed by atoms with van der Waals surface area (Å²) in [6.45, 7) is 7.10. The highest BCUT2D eigenvalue weighted by molar-refractivity contribution is 6.65. The van der Waals surface area contributed by atoms with Gasteiger partial charge in [0.15, 0.2) is 0 Å². The number of benzene rings is 1. The second-order valence-corrected chi connectivity index (χ2v) is 13.8. The van der Waals surface area contributed by atoms with E-state index in [4.69, 9.17) is 43.7 Å². The van der Waals surface area contributed by atoms with Gasteiger partial charge in [0, 0.05) is 6.61 Å². The van der Waals surface area contributed by atoms with E-state index in [1.165, 1.54) is 96.3 Å². The zero-order valence-electron chi connectivity index (χ0n) is 20.6. The van der Waals surface area contributed by atoms with Crippen molar-refractivity contribution in [1.82, 2.24) is 0 Å². The van der Waals surface area contributed by atoms with Crippen molar-refractivity contribution >= 4 is 43.4 Å². The number of hydrogen-bond donors (Lipinski definition) is 0. The monoisotopic (exact) mass is 522 g/mol. The van der Waals surface area contributed by atoms with Crippen molar-refractivity contribution < 1.29 is 8.85 Å². The summed E-state index contributed by atoms with van der Waals surface area (Å²) in [6.07, 6.45) is 21.9. The second-order valence-electron chi connectivity index (χ2n) is 9.35. The van der Waals surface area contributed by atoms with Gasteiger partial charge in [-0.05, 0) is 31.6 Å².